The third kappa shape index (κ3) is 11.3. The number of nitrogens with zero attached hydrogens (tertiary/aromatic N) is 1. The van der Waals surface area contributed by atoms with Gasteiger partial charge >= 0.3 is 0 Å². The zero-order valence-electron chi connectivity index (χ0n) is 9.99. The van der Waals surface area contributed by atoms with Crippen molar-refractivity contribution in [3.05, 3.63) is 0 Å². The third-order valence-electron chi connectivity index (χ3n) is 1.83. The third-order valence-corrected chi connectivity index (χ3v) is 2.79. The largest absolute Gasteiger partial charge is 0.370 e. The molecular weight excluding hydrogens is 226 g/mol. The Morgan fingerprint density at radius 2 is 2.06 bits per heavy atom. The topological polar surface area (TPSA) is 75.4 Å². The van der Waals surface area contributed by atoms with E-state index in [4.69, 9.17) is 5.73 Å². The van der Waals surface area contributed by atoms with Crippen LogP contribution in [0.5, 0.6) is 0 Å². The van der Waals surface area contributed by atoms with Crippen LogP contribution in [0.15, 0.2) is 0 Å². The van der Waals surface area contributed by atoms with Crippen LogP contribution in [0.3, 0.4) is 0 Å². The highest BCUT2D eigenvalue weighted by Gasteiger charge is 2.01. The van der Waals surface area contributed by atoms with Gasteiger partial charge in [0.05, 0.1) is 5.75 Å². The molecule has 0 saturated carbocycles. The van der Waals surface area contributed by atoms with E-state index >= 15 is 0 Å². The van der Waals surface area contributed by atoms with Gasteiger partial charge in [-0.05, 0) is 27.1 Å². The second-order valence-corrected chi connectivity index (χ2v) is 4.88. The van der Waals surface area contributed by atoms with E-state index in [1.807, 2.05) is 14.1 Å². The van der Waals surface area contributed by atoms with E-state index in [2.05, 4.69) is 10.2 Å². The highest BCUT2D eigenvalue weighted by molar-refractivity contribution is 7.99. The normalized spacial score (nSPS) is 10.4. The van der Waals surface area contributed by atoms with Gasteiger partial charge in [0.25, 0.3) is 0 Å². The average Bonchev–Trinajstić information content (AvgIpc) is 2.19. The SMILES string of the molecule is CN(C)CCCNC(=O)CSCCC(N)=O. The van der Waals surface area contributed by atoms with Gasteiger partial charge < -0.3 is 16.0 Å². The maximum Gasteiger partial charge on any atom is 0.229 e. The van der Waals surface area contributed by atoms with Gasteiger partial charge in [0.2, 0.25) is 11.8 Å². The van der Waals surface area contributed by atoms with Gasteiger partial charge in [0.15, 0.2) is 0 Å². The summed E-state index contributed by atoms with van der Waals surface area (Å²) in [4.78, 5) is 23.8. The molecule has 0 aliphatic carbocycles. The monoisotopic (exact) mass is 247 g/mol. The van der Waals surface area contributed by atoms with Crippen LogP contribution < -0.4 is 11.1 Å². The van der Waals surface area contributed by atoms with Crippen molar-refractivity contribution in [3.8, 4) is 0 Å². The lowest BCUT2D eigenvalue weighted by Gasteiger charge is -2.09. The lowest BCUT2D eigenvalue weighted by atomic mass is 10.4. The molecule has 6 heteroatoms. The Balaban J connectivity index is 3.28. The summed E-state index contributed by atoms with van der Waals surface area (Å²) in [5.41, 5.74) is 4.98. The Morgan fingerprint density at radius 1 is 1.38 bits per heavy atom. The van der Waals surface area contributed by atoms with E-state index in [1.54, 1.807) is 0 Å². The molecule has 0 aromatic rings. The van der Waals surface area contributed by atoms with Crippen molar-refractivity contribution in [1.82, 2.24) is 10.2 Å². The average molecular weight is 247 g/mol. The number of rotatable bonds is 9. The molecule has 94 valence electrons. The summed E-state index contributed by atoms with van der Waals surface area (Å²) in [6, 6.07) is 0. The van der Waals surface area contributed by atoms with Gasteiger partial charge in [0.1, 0.15) is 0 Å². The van der Waals surface area contributed by atoms with Crippen molar-refractivity contribution < 1.29 is 9.59 Å². The van der Waals surface area contributed by atoms with Gasteiger partial charge in [-0.15, -0.1) is 0 Å². The number of primary amides is 1. The molecular formula is C10H21N3O2S. The van der Waals surface area contributed by atoms with Gasteiger partial charge in [-0.2, -0.15) is 11.8 Å². The second kappa shape index (κ2) is 9.47. The molecule has 0 aromatic carbocycles. The number of hydrogen-bond acceptors (Lipinski definition) is 4. The van der Waals surface area contributed by atoms with Crippen LogP contribution in [0.25, 0.3) is 0 Å². The molecule has 0 heterocycles. The van der Waals surface area contributed by atoms with E-state index < -0.39 is 0 Å². The summed E-state index contributed by atoms with van der Waals surface area (Å²) in [5.74, 6) is 0.711. The first-order valence-electron chi connectivity index (χ1n) is 5.30. The lowest BCUT2D eigenvalue weighted by molar-refractivity contribution is -0.119. The molecule has 0 aliphatic rings. The minimum absolute atomic E-state index is 0.0215. The van der Waals surface area contributed by atoms with Crippen LogP contribution in [-0.4, -0.2) is 55.4 Å². The zero-order valence-corrected chi connectivity index (χ0v) is 10.8. The van der Waals surface area contributed by atoms with Crippen LogP contribution in [0.2, 0.25) is 0 Å². The van der Waals surface area contributed by atoms with Crippen LogP contribution in [0.1, 0.15) is 12.8 Å². The molecule has 0 aliphatic heterocycles. The molecule has 0 rings (SSSR count). The van der Waals surface area contributed by atoms with Crippen LogP contribution in [-0.2, 0) is 9.59 Å². The second-order valence-electron chi connectivity index (χ2n) is 3.78. The number of carbonyl (C=O) groups excluding carboxylic acids is 2. The molecule has 3 N–H and O–H groups in total. The Hall–Kier alpha value is -0.750. The fourth-order valence-corrected chi connectivity index (χ4v) is 1.79. The summed E-state index contributed by atoms with van der Waals surface area (Å²) in [6.45, 7) is 1.67. The molecule has 0 bridgehead atoms. The van der Waals surface area contributed by atoms with Crippen molar-refractivity contribution in [2.24, 2.45) is 5.73 Å². The number of nitrogens with two attached hydrogens (primary N) is 1. The maximum atomic E-state index is 11.3. The van der Waals surface area contributed by atoms with Gasteiger partial charge in [-0.3, -0.25) is 9.59 Å². The Bertz CT molecular complexity index is 222. The van der Waals surface area contributed by atoms with Crippen molar-refractivity contribution in [1.29, 1.82) is 0 Å². The van der Waals surface area contributed by atoms with Crippen LogP contribution >= 0.6 is 11.8 Å². The minimum Gasteiger partial charge on any atom is -0.370 e. The van der Waals surface area contributed by atoms with E-state index in [0.717, 1.165) is 13.0 Å². The molecule has 16 heavy (non-hydrogen) atoms. The standard InChI is InChI=1S/C10H21N3O2S/c1-13(2)6-3-5-12-10(15)8-16-7-4-9(11)14/h3-8H2,1-2H3,(H2,11,14)(H,12,15). The first-order valence-corrected chi connectivity index (χ1v) is 6.45. The van der Waals surface area contributed by atoms with E-state index in [0.29, 0.717) is 24.5 Å². The molecule has 0 fully saturated rings. The summed E-state index contributed by atoms with van der Waals surface area (Å²) in [7, 11) is 4.00. The molecule has 0 saturated heterocycles. The molecule has 0 unspecified atom stereocenters. The summed E-state index contributed by atoms with van der Waals surface area (Å²) in [6.07, 6.45) is 1.28. The molecule has 2 amide bonds. The molecule has 5 nitrogen and oxygen atoms in total. The molecule has 0 spiro atoms. The number of amides is 2. The lowest BCUT2D eigenvalue weighted by Crippen LogP contribution is -2.28. The fraction of sp³-hybridized carbons (Fsp3) is 0.800. The molecule has 0 radical (unpaired) electrons. The number of thioether (sulfide) groups is 1. The predicted molar refractivity (Wildman–Crippen MR) is 67.3 cm³/mol. The molecule has 0 atom stereocenters. The van der Waals surface area contributed by atoms with Crippen molar-refractivity contribution in [2.75, 3.05) is 38.7 Å². The van der Waals surface area contributed by atoms with Gasteiger partial charge in [-0.1, -0.05) is 0 Å². The Kier molecular flexibility index (Phi) is 9.03. The summed E-state index contributed by atoms with van der Waals surface area (Å²) >= 11 is 1.43. The highest BCUT2D eigenvalue weighted by Crippen LogP contribution is 2.00. The van der Waals surface area contributed by atoms with E-state index in [-0.39, 0.29) is 11.8 Å². The number of carbonyl (C=O) groups is 2. The molecule has 0 aromatic heterocycles. The zero-order chi connectivity index (χ0) is 12.4. The number of nitrogens with one attached hydrogen (secondary N) is 1. The van der Waals surface area contributed by atoms with Gasteiger partial charge in [-0.25, -0.2) is 0 Å². The summed E-state index contributed by atoms with van der Waals surface area (Å²) < 4.78 is 0. The van der Waals surface area contributed by atoms with Gasteiger partial charge in [0, 0.05) is 18.7 Å². The first-order chi connectivity index (χ1) is 7.52. The quantitative estimate of drug-likeness (QED) is 0.547. The summed E-state index contributed by atoms with van der Waals surface area (Å²) in [5, 5.41) is 2.82. The Morgan fingerprint density at radius 3 is 2.62 bits per heavy atom. The smallest absolute Gasteiger partial charge is 0.229 e. The number of hydrogen-bond donors (Lipinski definition) is 2. The highest BCUT2D eigenvalue weighted by atomic mass is 32.2. The predicted octanol–water partition coefficient (Wildman–Crippen LogP) is -0.337. The van der Waals surface area contributed by atoms with Crippen LogP contribution in [0, 0.1) is 0 Å². The maximum absolute atomic E-state index is 11.3. The van der Waals surface area contributed by atoms with Crippen molar-refractivity contribution in [3.63, 3.8) is 0 Å². The van der Waals surface area contributed by atoms with Crippen molar-refractivity contribution >= 4 is 23.6 Å². The van der Waals surface area contributed by atoms with E-state index in [1.165, 1.54) is 11.8 Å². The van der Waals surface area contributed by atoms with E-state index in [9.17, 15) is 9.59 Å². The van der Waals surface area contributed by atoms with Crippen molar-refractivity contribution in [2.45, 2.75) is 12.8 Å². The van der Waals surface area contributed by atoms with Crippen LogP contribution in [0.4, 0.5) is 0 Å². The minimum atomic E-state index is -0.320. The fourth-order valence-electron chi connectivity index (χ4n) is 1.01. The first kappa shape index (κ1) is 15.2. The Labute approximate surface area is 101 Å².